The molecule has 1 aliphatic carbocycles. The van der Waals surface area contributed by atoms with Crippen LogP contribution in [-0.4, -0.2) is 61.4 Å². The number of aromatic amines is 1. The zero-order valence-corrected chi connectivity index (χ0v) is 22.4. The lowest BCUT2D eigenvalue weighted by Gasteiger charge is -2.42. The first kappa shape index (κ1) is 26.3. The molecular formula is C29H32F3N7O. The van der Waals surface area contributed by atoms with Crippen molar-refractivity contribution in [3.8, 4) is 0 Å². The summed E-state index contributed by atoms with van der Waals surface area (Å²) in [6.45, 7) is 3.81. The number of benzene rings is 2. The van der Waals surface area contributed by atoms with E-state index in [1.165, 1.54) is 11.8 Å². The molecule has 0 bridgehead atoms. The number of aryl methyl sites for hydroxylation is 1. The van der Waals surface area contributed by atoms with Crippen molar-refractivity contribution >= 4 is 22.5 Å². The quantitative estimate of drug-likeness (QED) is 0.351. The molecule has 1 amide bonds. The Bertz CT molecular complexity index is 1490. The third-order valence-electron chi connectivity index (χ3n) is 8.11. The maximum atomic E-state index is 13.4. The maximum Gasteiger partial charge on any atom is 0.453 e. The Morgan fingerprint density at radius 1 is 1.10 bits per heavy atom. The topological polar surface area (TPSA) is 82.9 Å². The molecule has 2 aliphatic rings. The van der Waals surface area contributed by atoms with Crippen LogP contribution in [0.25, 0.3) is 10.9 Å². The van der Waals surface area contributed by atoms with Gasteiger partial charge in [0, 0.05) is 30.7 Å². The predicted octanol–water partition coefficient (Wildman–Crippen LogP) is 4.96. The molecule has 1 saturated heterocycles. The Hall–Kier alpha value is -3.89. The number of carbonyl (C=O) groups excluding carboxylic acids is 1. The Morgan fingerprint density at radius 2 is 1.90 bits per heavy atom. The van der Waals surface area contributed by atoms with E-state index in [1.807, 2.05) is 30.3 Å². The van der Waals surface area contributed by atoms with Crippen LogP contribution >= 0.6 is 0 Å². The molecular weight excluding hydrogens is 519 g/mol. The van der Waals surface area contributed by atoms with Gasteiger partial charge in [0.15, 0.2) is 0 Å². The number of carbonyl (C=O) groups is 1. The van der Waals surface area contributed by atoms with E-state index in [2.05, 4.69) is 49.9 Å². The normalized spacial score (nSPS) is 18.4. The van der Waals surface area contributed by atoms with Gasteiger partial charge in [-0.1, -0.05) is 37.3 Å². The van der Waals surface area contributed by atoms with E-state index in [4.69, 9.17) is 5.10 Å². The first-order valence-corrected chi connectivity index (χ1v) is 13.9. The predicted molar refractivity (Wildman–Crippen MR) is 145 cm³/mol. The highest BCUT2D eigenvalue weighted by atomic mass is 19.4. The number of nitrogens with zero attached hydrogens (tertiary/aromatic N) is 6. The number of piperazine rings is 1. The molecule has 2 aromatic carbocycles. The Morgan fingerprint density at radius 3 is 2.58 bits per heavy atom. The van der Waals surface area contributed by atoms with Crippen molar-refractivity contribution in [3.05, 3.63) is 71.4 Å². The van der Waals surface area contributed by atoms with E-state index in [0.29, 0.717) is 32.1 Å². The summed E-state index contributed by atoms with van der Waals surface area (Å²) in [5.41, 5.74) is 4.46. The van der Waals surface area contributed by atoms with Crippen LogP contribution in [0.15, 0.2) is 48.5 Å². The fraction of sp³-hybridized carbons (Fsp3) is 0.448. The van der Waals surface area contributed by atoms with E-state index in [9.17, 15) is 18.0 Å². The van der Waals surface area contributed by atoms with Crippen molar-refractivity contribution in [2.24, 2.45) is 0 Å². The highest BCUT2D eigenvalue weighted by Gasteiger charge is 2.37. The second kappa shape index (κ2) is 10.6. The van der Waals surface area contributed by atoms with Crippen LogP contribution in [0.3, 0.4) is 0 Å². The molecule has 210 valence electrons. The minimum Gasteiger partial charge on any atom is -0.368 e. The SMILES string of the molecule is CCc1nn(C2CCC2)c2cc(N3CCN(C(=O)Cc4nc(C(F)(F)F)n[nH]4)C(Cc4ccccc4)C3)ccc12. The van der Waals surface area contributed by atoms with Crippen molar-refractivity contribution in [2.75, 3.05) is 24.5 Å². The van der Waals surface area contributed by atoms with Gasteiger partial charge in [0.2, 0.25) is 5.91 Å². The average Bonchev–Trinajstić information content (AvgIpc) is 3.53. The summed E-state index contributed by atoms with van der Waals surface area (Å²) in [6, 6.07) is 16.8. The summed E-state index contributed by atoms with van der Waals surface area (Å²) in [4.78, 5) is 21.0. The fourth-order valence-corrected chi connectivity index (χ4v) is 5.78. The smallest absolute Gasteiger partial charge is 0.368 e. The molecule has 0 radical (unpaired) electrons. The Kier molecular flexibility index (Phi) is 6.97. The van der Waals surface area contributed by atoms with E-state index >= 15 is 0 Å². The van der Waals surface area contributed by atoms with Crippen molar-refractivity contribution in [2.45, 2.75) is 63.7 Å². The number of hydrogen-bond donors (Lipinski definition) is 1. The molecule has 1 atom stereocenters. The number of anilines is 1. The molecule has 2 fully saturated rings. The number of amides is 1. The molecule has 0 spiro atoms. The molecule has 1 N–H and O–H groups in total. The van der Waals surface area contributed by atoms with E-state index in [1.54, 1.807) is 4.90 Å². The number of rotatable bonds is 7. The number of H-pyrrole nitrogens is 1. The lowest BCUT2D eigenvalue weighted by molar-refractivity contribution is -0.145. The third-order valence-corrected chi connectivity index (χ3v) is 8.11. The zero-order valence-electron chi connectivity index (χ0n) is 22.4. The largest absolute Gasteiger partial charge is 0.453 e. The number of halogens is 3. The van der Waals surface area contributed by atoms with E-state index < -0.39 is 12.0 Å². The highest BCUT2D eigenvalue weighted by molar-refractivity contribution is 5.86. The van der Waals surface area contributed by atoms with E-state index in [-0.39, 0.29) is 24.2 Å². The van der Waals surface area contributed by atoms with Gasteiger partial charge in [-0.3, -0.25) is 14.6 Å². The summed E-state index contributed by atoms with van der Waals surface area (Å²) in [7, 11) is 0. The van der Waals surface area contributed by atoms with Gasteiger partial charge in [0.25, 0.3) is 5.82 Å². The Balaban J connectivity index is 1.25. The molecule has 6 rings (SSSR count). The number of hydrogen-bond acceptors (Lipinski definition) is 5. The molecule has 11 heteroatoms. The summed E-state index contributed by atoms with van der Waals surface area (Å²) < 4.78 is 41.1. The van der Waals surface area contributed by atoms with Gasteiger partial charge in [-0.05, 0) is 55.9 Å². The summed E-state index contributed by atoms with van der Waals surface area (Å²) in [6.07, 6.45) is 0.128. The van der Waals surface area contributed by atoms with Gasteiger partial charge in [0.1, 0.15) is 5.82 Å². The van der Waals surface area contributed by atoms with Crippen molar-refractivity contribution in [3.63, 3.8) is 0 Å². The molecule has 4 aromatic rings. The molecule has 2 aromatic heterocycles. The number of alkyl halides is 3. The van der Waals surface area contributed by atoms with Crippen LogP contribution in [0.5, 0.6) is 0 Å². The van der Waals surface area contributed by atoms with Gasteiger partial charge in [-0.2, -0.15) is 18.3 Å². The number of aromatic nitrogens is 5. The standard InChI is InChI=1S/C29H32F3N7O/c1-2-24-23-12-11-21(16-25(23)39(36-24)20-9-6-10-20)37-13-14-38(22(18-37)15-19-7-4-3-5-8-19)27(40)17-26-33-28(35-34-26)29(30,31)32/h3-5,7-8,11-12,16,20,22H,2,6,9-10,13-15,17-18H2,1H3,(H,33,34,35). The van der Waals surface area contributed by atoms with Crippen LogP contribution in [0.2, 0.25) is 0 Å². The van der Waals surface area contributed by atoms with Gasteiger partial charge in [0.05, 0.1) is 29.7 Å². The fourth-order valence-electron chi connectivity index (χ4n) is 5.78. The highest BCUT2D eigenvalue weighted by Crippen LogP contribution is 2.36. The average molecular weight is 552 g/mol. The summed E-state index contributed by atoms with van der Waals surface area (Å²) in [5, 5.41) is 11.7. The first-order valence-electron chi connectivity index (χ1n) is 13.9. The van der Waals surface area contributed by atoms with Crippen LogP contribution in [0.1, 0.15) is 55.1 Å². The number of nitrogens with one attached hydrogen (secondary N) is 1. The van der Waals surface area contributed by atoms with Crippen LogP contribution in [-0.2, 0) is 30.2 Å². The molecule has 1 saturated carbocycles. The van der Waals surface area contributed by atoms with Crippen molar-refractivity contribution < 1.29 is 18.0 Å². The minimum atomic E-state index is -4.66. The van der Waals surface area contributed by atoms with Gasteiger partial charge >= 0.3 is 6.18 Å². The molecule has 1 unspecified atom stereocenters. The second-order valence-electron chi connectivity index (χ2n) is 10.7. The van der Waals surface area contributed by atoms with Gasteiger partial charge < -0.3 is 9.80 Å². The van der Waals surface area contributed by atoms with Crippen LogP contribution in [0.4, 0.5) is 18.9 Å². The number of fused-ring (bicyclic) bond motifs is 1. The summed E-state index contributed by atoms with van der Waals surface area (Å²) >= 11 is 0. The molecule has 40 heavy (non-hydrogen) atoms. The van der Waals surface area contributed by atoms with Crippen molar-refractivity contribution in [1.82, 2.24) is 29.9 Å². The Labute approximate surface area is 230 Å². The first-order chi connectivity index (χ1) is 19.3. The zero-order chi connectivity index (χ0) is 27.9. The second-order valence-corrected chi connectivity index (χ2v) is 10.7. The molecule has 8 nitrogen and oxygen atoms in total. The minimum absolute atomic E-state index is 0.0837. The van der Waals surface area contributed by atoms with Gasteiger partial charge in [-0.15, -0.1) is 5.10 Å². The maximum absolute atomic E-state index is 13.4. The lowest BCUT2D eigenvalue weighted by atomic mass is 9.93. The molecule has 1 aliphatic heterocycles. The van der Waals surface area contributed by atoms with Crippen LogP contribution in [0, 0.1) is 0 Å². The van der Waals surface area contributed by atoms with Crippen molar-refractivity contribution in [1.29, 1.82) is 0 Å². The molecule has 3 heterocycles. The van der Waals surface area contributed by atoms with E-state index in [0.717, 1.165) is 41.7 Å². The van der Waals surface area contributed by atoms with Gasteiger partial charge in [-0.25, -0.2) is 4.98 Å². The third kappa shape index (κ3) is 5.16. The summed E-state index contributed by atoms with van der Waals surface area (Å²) in [5.74, 6) is -1.61. The monoisotopic (exact) mass is 551 g/mol. The van der Waals surface area contributed by atoms with Crippen LogP contribution < -0.4 is 4.90 Å². The lowest BCUT2D eigenvalue weighted by Crippen LogP contribution is -2.56.